The highest BCUT2D eigenvalue weighted by molar-refractivity contribution is 7.95. The second kappa shape index (κ2) is 5.02. The van der Waals surface area contributed by atoms with Crippen LogP contribution in [0.25, 0.3) is 10.9 Å². The molecule has 2 aromatic carbocycles. The van der Waals surface area contributed by atoms with Crippen molar-refractivity contribution in [1.82, 2.24) is 4.57 Å². The zero-order chi connectivity index (χ0) is 13.2. The lowest BCUT2D eigenvalue weighted by molar-refractivity contribution is 0.647. The summed E-state index contributed by atoms with van der Waals surface area (Å²) in [5, 5.41) is 1.23. The average Bonchev–Trinajstić information content (AvgIpc) is 2.80. The van der Waals surface area contributed by atoms with Gasteiger partial charge >= 0.3 is 0 Å². The van der Waals surface area contributed by atoms with Crippen molar-refractivity contribution < 1.29 is 4.18 Å². The molecule has 0 amide bonds. The van der Waals surface area contributed by atoms with E-state index in [0.29, 0.717) is 0 Å². The highest BCUT2D eigenvalue weighted by Crippen LogP contribution is 2.27. The number of aryl methyl sites for hydroxylation is 2. The molecule has 0 saturated heterocycles. The zero-order valence-corrected chi connectivity index (χ0v) is 11.8. The Labute approximate surface area is 117 Å². The highest BCUT2D eigenvalue weighted by Gasteiger charge is 2.02. The van der Waals surface area contributed by atoms with Crippen LogP contribution in [0.3, 0.4) is 0 Å². The lowest BCUT2D eigenvalue weighted by Gasteiger charge is -2.05. The number of hydrogen-bond acceptors (Lipinski definition) is 2. The number of hydrogen-bond donors (Lipinski definition) is 0. The summed E-state index contributed by atoms with van der Waals surface area (Å²) in [6.45, 7) is 2.08. The number of fused-ring (bicyclic) bond motifs is 1. The topological polar surface area (TPSA) is 14.2 Å². The van der Waals surface area contributed by atoms with Gasteiger partial charge in [-0.15, -0.1) is 0 Å². The summed E-state index contributed by atoms with van der Waals surface area (Å²) in [6, 6.07) is 16.6. The molecule has 0 spiro atoms. The van der Waals surface area contributed by atoms with Gasteiger partial charge in [0, 0.05) is 24.2 Å². The Morgan fingerprint density at radius 1 is 1.00 bits per heavy atom. The fourth-order valence-corrected chi connectivity index (χ4v) is 2.53. The van der Waals surface area contributed by atoms with E-state index in [1.807, 2.05) is 13.1 Å². The Morgan fingerprint density at radius 3 is 2.58 bits per heavy atom. The van der Waals surface area contributed by atoms with Crippen LogP contribution >= 0.6 is 12.0 Å². The molecule has 0 radical (unpaired) electrons. The summed E-state index contributed by atoms with van der Waals surface area (Å²) >= 11 is 1.39. The molecule has 0 aliphatic carbocycles. The maximum Gasteiger partial charge on any atom is 0.140 e. The molecule has 0 aliphatic rings. The molecule has 3 aromatic rings. The normalized spacial score (nSPS) is 10.8. The van der Waals surface area contributed by atoms with E-state index < -0.39 is 0 Å². The second-order valence-corrected chi connectivity index (χ2v) is 5.43. The van der Waals surface area contributed by atoms with Crippen LogP contribution in [-0.2, 0) is 7.05 Å². The van der Waals surface area contributed by atoms with E-state index in [-0.39, 0.29) is 0 Å². The molecular weight excluding hydrogens is 254 g/mol. The zero-order valence-electron chi connectivity index (χ0n) is 11.0. The van der Waals surface area contributed by atoms with E-state index in [2.05, 4.69) is 60.2 Å². The van der Waals surface area contributed by atoms with Crippen molar-refractivity contribution in [3.8, 4) is 5.75 Å². The largest absolute Gasteiger partial charge is 0.421 e. The molecule has 19 heavy (non-hydrogen) atoms. The molecule has 1 aromatic heterocycles. The minimum absolute atomic E-state index is 0.875. The molecule has 2 nitrogen and oxygen atoms in total. The first kappa shape index (κ1) is 12.2. The molecule has 3 rings (SSSR count). The van der Waals surface area contributed by atoms with Crippen molar-refractivity contribution in [2.45, 2.75) is 11.8 Å². The minimum Gasteiger partial charge on any atom is -0.421 e. The Bertz CT molecular complexity index is 700. The quantitative estimate of drug-likeness (QED) is 0.646. The van der Waals surface area contributed by atoms with Crippen LogP contribution in [0.1, 0.15) is 5.56 Å². The van der Waals surface area contributed by atoms with E-state index in [1.165, 1.54) is 28.5 Å². The lowest BCUT2D eigenvalue weighted by Crippen LogP contribution is -1.86. The van der Waals surface area contributed by atoms with Gasteiger partial charge in [-0.25, -0.2) is 0 Å². The third-order valence-electron chi connectivity index (χ3n) is 3.11. The number of nitrogens with zero attached hydrogens (tertiary/aromatic N) is 1. The van der Waals surface area contributed by atoms with Crippen LogP contribution in [0.15, 0.2) is 59.6 Å². The van der Waals surface area contributed by atoms with Gasteiger partial charge < -0.3 is 8.75 Å². The molecule has 0 atom stereocenters. The first-order chi connectivity index (χ1) is 9.22. The number of benzene rings is 2. The van der Waals surface area contributed by atoms with Crippen LogP contribution in [0, 0.1) is 6.92 Å². The Balaban J connectivity index is 1.77. The molecule has 3 heteroatoms. The van der Waals surface area contributed by atoms with E-state index in [9.17, 15) is 0 Å². The fourth-order valence-electron chi connectivity index (χ4n) is 1.98. The van der Waals surface area contributed by atoms with Crippen LogP contribution in [-0.4, -0.2) is 4.57 Å². The average molecular weight is 269 g/mol. The van der Waals surface area contributed by atoms with Gasteiger partial charge in [0.25, 0.3) is 0 Å². The predicted molar refractivity (Wildman–Crippen MR) is 80.6 cm³/mol. The molecule has 0 aliphatic heterocycles. The molecule has 0 N–H and O–H groups in total. The standard InChI is InChI=1S/C16H15NOS/c1-12-3-7-15(8-4-12)19-18-14-6-5-13-9-10-17(2)16(13)11-14/h3-11H,1-2H3. The Morgan fingerprint density at radius 2 is 1.79 bits per heavy atom. The van der Waals surface area contributed by atoms with Crippen LogP contribution in [0.2, 0.25) is 0 Å². The van der Waals surface area contributed by atoms with Gasteiger partial charge in [0.1, 0.15) is 5.75 Å². The third kappa shape index (κ3) is 2.61. The maximum absolute atomic E-state index is 5.77. The van der Waals surface area contributed by atoms with Gasteiger partial charge in [0.2, 0.25) is 0 Å². The molecule has 0 saturated carbocycles. The van der Waals surface area contributed by atoms with Gasteiger partial charge in [-0.05, 0) is 42.6 Å². The first-order valence-corrected chi connectivity index (χ1v) is 6.93. The summed E-state index contributed by atoms with van der Waals surface area (Å²) in [5.74, 6) is 0.875. The molecule has 0 fully saturated rings. The Kier molecular flexibility index (Phi) is 3.22. The number of aromatic nitrogens is 1. The lowest BCUT2D eigenvalue weighted by atomic mass is 10.2. The number of rotatable bonds is 3. The summed E-state index contributed by atoms with van der Waals surface area (Å²) in [5.41, 5.74) is 2.44. The van der Waals surface area contributed by atoms with Crippen molar-refractivity contribution in [2.75, 3.05) is 0 Å². The van der Waals surface area contributed by atoms with Gasteiger partial charge in [0.05, 0.1) is 17.6 Å². The van der Waals surface area contributed by atoms with E-state index in [1.54, 1.807) is 0 Å². The van der Waals surface area contributed by atoms with Gasteiger partial charge in [-0.1, -0.05) is 17.7 Å². The summed E-state index contributed by atoms with van der Waals surface area (Å²) < 4.78 is 7.86. The van der Waals surface area contributed by atoms with Gasteiger partial charge in [-0.3, -0.25) is 0 Å². The van der Waals surface area contributed by atoms with Crippen molar-refractivity contribution in [2.24, 2.45) is 7.05 Å². The van der Waals surface area contributed by atoms with Crippen molar-refractivity contribution >= 4 is 22.9 Å². The van der Waals surface area contributed by atoms with Crippen molar-refractivity contribution in [3.05, 3.63) is 60.3 Å². The molecule has 0 unspecified atom stereocenters. The van der Waals surface area contributed by atoms with E-state index in [0.717, 1.165) is 10.6 Å². The molecule has 96 valence electrons. The Hall–Kier alpha value is -1.87. The molecule has 0 bridgehead atoms. The van der Waals surface area contributed by atoms with Crippen LogP contribution in [0.5, 0.6) is 5.75 Å². The maximum atomic E-state index is 5.77. The smallest absolute Gasteiger partial charge is 0.140 e. The highest BCUT2D eigenvalue weighted by atomic mass is 32.2. The minimum atomic E-state index is 0.875. The molecule has 1 heterocycles. The summed E-state index contributed by atoms with van der Waals surface area (Å²) in [4.78, 5) is 1.11. The van der Waals surface area contributed by atoms with E-state index in [4.69, 9.17) is 4.18 Å². The van der Waals surface area contributed by atoms with Crippen LogP contribution < -0.4 is 4.18 Å². The monoisotopic (exact) mass is 269 g/mol. The van der Waals surface area contributed by atoms with Gasteiger partial charge in [0.15, 0.2) is 0 Å². The summed E-state index contributed by atoms with van der Waals surface area (Å²) in [7, 11) is 2.04. The summed E-state index contributed by atoms with van der Waals surface area (Å²) in [6.07, 6.45) is 2.06. The fraction of sp³-hybridized carbons (Fsp3) is 0.125. The van der Waals surface area contributed by atoms with Crippen LogP contribution in [0.4, 0.5) is 0 Å². The SMILES string of the molecule is Cc1ccc(SOc2ccc3ccn(C)c3c2)cc1. The van der Waals surface area contributed by atoms with Crippen molar-refractivity contribution in [1.29, 1.82) is 0 Å². The molecular formula is C16H15NOS. The second-order valence-electron chi connectivity index (χ2n) is 4.63. The third-order valence-corrected chi connectivity index (χ3v) is 3.86. The van der Waals surface area contributed by atoms with Gasteiger partial charge in [-0.2, -0.15) is 0 Å². The van der Waals surface area contributed by atoms with E-state index >= 15 is 0 Å². The first-order valence-electron chi connectivity index (χ1n) is 6.19. The van der Waals surface area contributed by atoms with Crippen molar-refractivity contribution in [3.63, 3.8) is 0 Å². The predicted octanol–water partition coefficient (Wildman–Crippen LogP) is 4.57.